The monoisotopic (exact) mass is 402 g/mol. The first-order chi connectivity index (χ1) is 13.3. The number of halogens is 1. The summed E-state index contributed by atoms with van der Waals surface area (Å²) in [5.74, 6) is 0.402. The van der Waals surface area contributed by atoms with Gasteiger partial charge < -0.3 is 14.2 Å². The molecule has 0 radical (unpaired) electrons. The molecule has 9 heteroatoms. The van der Waals surface area contributed by atoms with Crippen LogP contribution in [0.25, 0.3) is 11.0 Å². The standard InChI is InChI=1S/C19H19ClN4O4/c1-11-9-24(14-8-12(20)4-5-15(14)28-11)16(25)10-23-7-6-13-17(23)21(2)19(27)22(3)18(13)26/h4-8,11H,9-10H2,1-3H3. The highest BCUT2D eigenvalue weighted by atomic mass is 35.5. The van der Waals surface area contributed by atoms with Crippen LogP contribution in [0.5, 0.6) is 5.75 Å². The first-order valence-electron chi connectivity index (χ1n) is 8.79. The second kappa shape index (κ2) is 6.56. The van der Waals surface area contributed by atoms with Gasteiger partial charge in [-0.05, 0) is 31.2 Å². The highest BCUT2D eigenvalue weighted by Crippen LogP contribution is 2.35. The number of amides is 1. The minimum absolute atomic E-state index is 0.0252. The average molecular weight is 403 g/mol. The van der Waals surface area contributed by atoms with Crippen molar-refractivity contribution in [2.75, 3.05) is 11.4 Å². The van der Waals surface area contributed by atoms with E-state index in [1.165, 1.54) is 11.6 Å². The summed E-state index contributed by atoms with van der Waals surface area (Å²) in [6, 6.07) is 6.77. The Morgan fingerprint density at radius 1 is 1.21 bits per heavy atom. The molecule has 0 N–H and O–H groups in total. The number of aromatic nitrogens is 3. The van der Waals surface area contributed by atoms with Gasteiger partial charge in [-0.1, -0.05) is 11.6 Å². The molecule has 0 saturated carbocycles. The second-order valence-corrected chi connectivity index (χ2v) is 7.37. The van der Waals surface area contributed by atoms with Crippen molar-refractivity contribution in [3.8, 4) is 5.75 Å². The number of benzene rings is 1. The smallest absolute Gasteiger partial charge is 0.332 e. The van der Waals surface area contributed by atoms with E-state index in [1.54, 1.807) is 47.0 Å². The SMILES string of the molecule is CC1CN(C(=O)Cn2ccc3c(=O)n(C)c(=O)n(C)c32)c2cc(Cl)ccc2O1. The van der Waals surface area contributed by atoms with Crippen LogP contribution in [0.1, 0.15) is 6.92 Å². The maximum absolute atomic E-state index is 13.1. The average Bonchev–Trinajstić information content (AvgIpc) is 3.08. The lowest BCUT2D eigenvalue weighted by atomic mass is 10.2. The molecular formula is C19H19ClN4O4. The zero-order chi connectivity index (χ0) is 20.2. The minimum Gasteiger partial charge on any atom is -0.487 e. The molecule has 146 valence electrons. The van der Waals surface area contributed by atoms with Gasteiger partial charge in [-0.2, -0.15) is 0 Å². The molecule has 1 amide bonds. The third-order valence-electron chi connectivity index (χ3n) is 4.95. The van der Waals surface area contributed by atoms with E-state index in [-0.39, 0.29) is 24.1 Å². The molecule has 8 nitrogen and oxygen atoms in total. The summed E-state index contributed by atoms with van der Waals surface area (Å²) < 4.78 is 9.83. The second-order valence-electron chi connectivity index (χ2n) is 6.93. The number of fused-ring (bicyclic) bond motifs is 2. The topological polar surface area (TPSA) is 78.5 Å². The van der Waals surface area contributed by atoms with Crippen LogP contribution >= 0.6 is 11.6 Å². The van der Waals surface area contributed by atoms with Gasteiger partial charge in [0.25, 0.3) is 5.56 Å². The van der Waals surface area contributed by atoms with E-state index >= 15 is 0 Å². The number of aryl methyl sites for hydroxylation is 1. The predicted molar refractivity (Wildman–Crippen MR) is 106 cm³/mol. The Hall–Kier alpha value is -3.00. The normalized spacial score (nSPS) is 16.1. The van der Waals surface area contributed by atoms with Gasteiger partial charge in [0.2, 0.25) is 5.91 Å². The summed E-state index contributed by atoms with van der Waals surface area (Å²) in [5, 5.41) is 0.892. The Balaban J connectivity index is 1.75. The Bertz CT molecular complexity index is 1220. The first kappa shape index (κ1) is 18.4. The molecular weight excluding hydrogens is 384 g/mol. The van der Waals surface area contributed by atoms with E-state index in [1.807, 2.05) is 6.92 Å². The molecule has 3 aromatic rings. The van der Waals surface area contributed by atoms with E-state index in [0.717, 1.165) is 4.57 Å². The molecule has 2 aromatic heterocycles. The summed E-state index contributed by atoms with van der Waals surface area (Å²) in [6.07, 6.45) is 1.47. The molecule has 1 aliphatic rings. The lowest BCUT2D eigenvalue weighted by Crippen LogP contribution is -2.44. The molecule has 0 fully saturated rings. The van der Waals surface area contributed by atoms with E-state index in [4.69, 9.17) is 16.3 Å². The fraction of sp³-hybridized carbons (Fsp3) is 0.316. The Labute approximate surface area is 165 Å². The largest absolute Gasteiger partial charge is 0.487 e. The number of carbonyl (C=O) groups excluding carboxylic acids is 1. The zero-order valence-corrected chi connectivity index (χ0v) is 16.4. The zero-order valence-electron chi connectivity index (χ0n) is 15.7. The van der Waals surface area contributed by atoms with Crippen LogP contribution < -0.4 is 20.9 Å². The quantitative estimate of drug-likeness (QED) is 0.651. The van der Waals surface area contributed by atoms with Crippen LogP contribution in [-0.4, -0.2) is 32.3 Å². The summed E-state index contributed by atoms with van der Waals surface area (Å²) in [4.78, 5) is 39.4. The van der Waals surface area contributed by atoms with Crippen molar-refractivity contribution in [1.82, 2.24) is 13.7 Å². The highest BCUT2D eigenvalue weighted by molar-refractivity contribution is 6.31. The van der Waals surface area contributed by atoms with Crippen molar-refractivity contribution < 1.29 is 9.53 Å². The molecule has 0 spiro atoms. The maximum Gasteiger partial charge on any atom is 0.332 e. The summed E-state index contributed by atoms with van der Waals surface area (Å²) in [7, 11) is 3.01. The minimum atomic E-state index is -0.443. The molecule has 0 bridgehead atoms. The van der Waals surface area contributed by atoms with Crippen LogP contribution in [0.3, 0.4) is 0 Å². The van der Waals surface area contributed by atoms with Crippen LogP contribution in [0.2, 0.25) is 5.02 Å². The molecule has 0 aliphatic carbocycles. The molecule has 3 heterocycles. The van der Waals surface area contributed by atoms with Crippen molar-refractivity contribution >= 4 is 34.2 Å². The lowest BCUT2D eigenvalue weighted by Gasteiger charge is -2.33. The molecule has 1 atom stereocenters. The van der Waals surface area contributed by atoms with Crippen LogP contribution in [0.4, 0.5) is 5.69 Å². The van der Waals surface area contributed by atoms with Crippen LogP contribution in [-0.2, 0) is 25.4 Å². The highest BCUT2D eigenvalue weighted by Gasteiger charge is 2.28. The van der Waals surface area contributed by atoms with Gasteiger partial charge in [-0.3, -0.25) is 18.7 Å². The van der Waals surface area contributed by atoms with Gasteiger partial charge in [0.1, 0.15) is 24.0 Å². The van der Waals surface area contributed by atoms with E-state index in [0.29, 0.717) is 34.0 Å². The van der Waals surface area contributed by atoms with Crippen molar-refractivity contribution in [3.63, 3.8) is 0 Å². The number of carbonyl (C=O) groups is 1. The molecule has 1 aromatic carbocycles. The van der Waals surface area contributed by atoms with Crippen LogP contribution in [0.15, 0.2) is 40.1 Å². The number of hydrogen-bond donors (Lipinski definition) is 0. The maximum atomic E-state index is 13.1. The van der Waals surface area contributed by atoms with E-state index in [2.05, 4.69) is 0 Å². The summed E-state index contributed by atoms with van der Waals surface area (Å²) in [6.45, 7) is 2.24. The number of hydrogen-bond acceptors (Lipinski definition) is 4. The van der Waals surface area contributed by atoms with Crippen molar-refractivity contribution in [2.45, 2.75) is 19.6 Å². The summed E-state index contributed by atoms with van der Waals surface area (Å²) >= 11 is 6.10. The number of ether oxygens (including phenoxy) is 1. The molecule has 1 aliphatic heterocycles. The van der Waals surface area contributed by atoms with Gasteiger partial charge in [0.15, 0.2) is 0 Å². The van der Waals surface area contributed by atoms with Gasteiger partial charge in [-0.15, -0.1) is 0 Å². The third-order valence-corrected chi connectivity index (χ3v) is 5.18. The van der Waals surface area contributed by atoms with E-state index < -0.39 is 5.69 Å². The van der Waals surface area contributed by atoms with Crippen molar-refractivity contribution in [1.29, 1.82) is 0 Å². The van der Waals surface area contributed by atoms with E-state index in [9.17, 15) is 14.4 Å². The number of rotatable bonds is 2. The van der Waals surface area contributed by atoms with Crippen LogP contribution in [0, 0.1) is 0 Å². The molecule has 1 unspecified atom stereocenters. The fourth-order valence-corrected chi connectivity index (χ4v) is 3.76. The van der Waals surface area contributed by atoms with Gasteiger partial charge >= 0.3 is 5.69 Å². The Morgan fingerprint density at radius 3 is 2.71 bits per heavy atom. The third kappa shape index (κ3) is 2.80. The van der Waals surface area contributed by atoms with Crippen molar-refractivity contribution in [3.05, 3.63) is 56.3 Å². The Kier molecular flexibility index (Phi) is 4.30. The van der Waals surface area contributed by atoms with Gasteiger partial charge in [0, 0.05) is 25.3 Å². The number of nitrogens with zero attached hydrogens (tertiary/aromatic N) is 4. The first-order valence-corrected chi connectivity index (χ1v) is 9.17. The van der Waals surface area contributed by atoms with Gasteiger partial charge in [0.05, 0.1) is 17.6 Å². The molecule has 0 saturated heterocycles. The summed E-state index contributed by atoms with van der Waals surface area (Å²) in [5.41, 5.74) is 0.189. The Morgan fingerprint density at radius 2 is 1.96 bits per heavy atom. The van der Waals surface area contributed by atoms with Crippen molar-refractivity contribution in [2.24, 2.45) is 14.1 Å². The van der Waals surface area contributed by atoms with Gasteiger partial charge in [-0.25, -0.2) is 4.79 Å². The fourth-order valence-electron chi connectivity index (χ4n) is 3.59. The molecule has 4 rings (SSSR count). The molecule has 28 heavy (non-hydrogen) atoms. The predicted octanol–water partition coefficient (Wildman–Crippen LogP) is 1.51. The number of anilines is 1. The lowest BCUT2D eigenvalue weighted by molar-refractivity contribution is -0.119.